The molecule has 1 aromatic carbocycles. The van der Waals surface area contributed by atoms with Crippen LogP contribution in [0.15, 0.2) is 24.3 Å². The summed E-state index contributed by atoms with van der Waals surface area (Å²) >= 11 is 0. The minimum absolute atomic E-state index is 0.139. The molecule has 0 radical (unpaired) electrons. The van der Waals surface area contributed by atoms with Crippen molar-refractivity contribution in [3.63, 3.8) is 0 Å². The summed E-state index contributed by atoms with van der Waals surface area (Å²) in [5.41, 5.74) is 0.986. The Bertz CT molecular complexity index is 403. The van der Waals surface area contributed by atoms with Gasteiger partial charge in [0.05, 0.1) is 6.10 Å². The van der Waals surface area contributed by atoms with Crippen molar-refractivity contribution in [2.24, 2.45) is 0 Å². The first-order chi connectivity index (χ1) is 9.47. The number of ether oxygens (including phenoxy) is 1. The highest BCUT2D eigenvalue weighted by Gasteiger charge is 2.05. The molecule has 0 saturated heterocycles. The summed E-state index contributed by atoms with van der Waals surface area (Å²) in [5, 5.41) is 20.9. The van der Waals surface area contributed by atoms with Crippen LogP contribution in [0.3, 0.4) is 0 Å². The zero-order chi connectivity index (χ0) is 15.0. The number of benzene rings is 1. The van der Waals surface area contributed by atoms with Crippen molar-refractivity contribution in [2.45, 2.75) is 38.8 Å². The Morgan fingerprint density at radius 1 is 1.30 bits per heavy atom. The third-order valence-electron chi connectivity index (χ3n) is 2.81. The van der Waals surface area contributed by atoms with E-state index in [1.807, 2.05) is 31.2 Å². The number of carboxylic acids is 1. The van der Waals surface area contributed by atoms with E-state index < -0.39 is 5.97 Å². The maximum atomic E-state index is 10.5. The van der Waals surface area contributed by atoms with Gasteiger partial charge in [0.2, 0.25) is 0 Å². The Hall–Kier alpha value is -1.59. The molecule has 2 atom stereocenters. The quantitative estimate of drug-likeness (QED) is 0.638. The fourth-order valence-corrected chi connectivity index (χ4v) is 1.66. The normalized spacial score (nSPS) is 13.8. The summed E-state index contributed by atoms with van der Waals surface area (Å²) in [7, 11) is 0. The van der Waals surface area contributed by atoms with Crippen LogP contribution in [0.25, 0.3) is 0 Å². The van der Waals surface area contributed by atoms with Crippen LogP contribution in [0.2, 0.25) is 0 Å². The number of rotatable bonds is 9. The summed E-state index contributed by atoms with van der Waals surface area (Å²) in [6.45, 7) is 4.78. The number of aliphatic hydroxyl groups is 1. The van der Waals surface area contributed by atoms with Crippen LogP contribution in [0.4, 0.5) is 0 Å². The lowest BCUT2D eigenvalue weighted by atomic mass is 10.1. The van der Waals surface area contributed by atoms with Gasteiger partial charge in [0.15, 0.2) is 0 Å². The lowest BCUT2D eigenvalue weighted by Crippen LogP contribution is -2.36. The number of hydrogen-bond acceptors (Lipinski definition) is 4. The molecule has 5 nitrogen and oxygen atoms in total. The summed E-state index contributed by atoms with van der Waals surface area (Å²) in [5.74, 6) is -0.0295. The number of carboxylic acid groups (broad SMARTS) is 1. The van der Waals surface area contributed by atoms with E-state index in [2.05, 4.69) is 5.32 Å². The lowest BCUT2D eigenvalue weighted by molar-refractivity contribution is -0.136. The van der Waals surface area contributed by atoms with Crippen LogP contribution < -0.4 is 10.1 Å². The van der Waals surface area contributed by atoms with E-state index in [-0.39, 0.29) is 18.6 Å². The molecule has 3 N–H and O–H groups in total. The molecule has 112 valence electrons. The highest BCUT2D eigenvalue weighted by Crippen LogP contribution is 2.13. The van der Waals surface area contributed by atoms with Crippen molar-refractivity contribution in [3.05, 3.63) is 29.8 Å². The fourth-order valence-electron chi connectivity index (χ4n) is 1.66. The van der Waals surface area contributed by atoms with Gasteiger partial charge in [-0.25, -0.2) is 0 Å². The first kappa shape index (κ1) is 16.5. The second kappa shape index (κ2) is 8.55. The molecule has 1 rings (SSSR count). The maximum absolute atomic E-state index is 10.5. The van der Waals surface area contributed by atoms with Crippen molar-refractivity contribution in [3.8, 4) is 5.75 Å². The molecule has 0 aromatic heterocycles. The first-order valence-electron chi connectivity index (χ1n) is 6.82. The van der Waals surface area contributed by atoms with E-state index in [4.69, 9.17) is 14.9 Å². The maximum Gasteiger partial charge on any atom is 0.303 e. The second-order valence-electron chi connectivity index (χ2n) is 5.01. The van der Waals surface area contributed by atoms with Crippen molar-refractivity contribution in [1.29, 1.82) is 0 Å². The van der Waals surface area contributed by atoms with Crippen LogP contribution in [-0.4, -0.2) is 41.5 Å². The highest BCUT2D eigenvalue weighted by molar-refractivity contribution is 5.67. The first-order valence-corrected chi connectivity index (χ1v) is 6.82. The average molecular weight is 281 g/mol. The largest absolute Gasteiger partial charge is 0.492 e. The fraction of sp³-hybridized carbons (Fsp3) is 0.533. The molecule has 2 unspecified atom stereocenters. The molecule has 0 aliphatic heterocycles. The number of hydrogen-bond donors (Lipinski definition) is 3. The number of aliphatic hydroxyl groups excluding tert-OH is 1. The Morgan fingerprint density at radius 2 is 1.95 bits per heavy atom. The second-order valence-corrected chi connectivity index (χ2v) is 5.01. The topological polar surface area (TPSA) is 78.8 Å². The van der Waals surface area contributed by atoms with Crippen LogP contribution in [0, 0.1) is 0 Å². The van der Waals surface area contributed by atoms with Gasteiger partial charge in [-0.05, 0) is 38.0 Å². The van der Waals surface area contributed by atoms with Crippen molar-refractivity contribution in [1.82, 2.24) is 5.32 Å². The van der Waals surface area contributed by atoms with Gasteiger partial charge in [-0.15, -0.1) is 0 Å². The Morgan fingerprint density at radius 3 is 2.50 bits per heavy atom. The average Bonchev–Trinajstić information content (AvgIpc) is 2.41. The van der Waals surface area contributed by atoms with Crippen molar-refractivity contribution in [2.75, 3.05) is 13.2 Å². The molecule has 0 heterocycles. The predicted octanol–water partition coefficient (Wildman–Crippen LogP) is 1.44. The minimum Gasteiger partial charge on any atom is -0.492 e. The van der Waals surface area contributed by atoms with Gasteiger partial charge in [-0.3, -0.25) is 4.79 Å². The van der Waals surface area contributed by atoms with Crippen molar-refractivity contribution < 1.29 is 19.7 Å². The van der Waals surface area contributed by atoms with Gasteiger partial charge >= 0.3 is 5.97 Å². The van der Waals surface area contributed by atoms with Gasteiger partial charge in [-0.2, -0.15) is 0 Å². The van der Waals surface area contributed by atoms with E-state index in [1.165, 1.54) is 0 Å². The summed E-state index contributed by atoms with van der Waals surface area (Å²) in [6, 6.07) is 7.60. The molecule has 0 amide bonds. The van der Waals surface area contributed by atoms with Gasteiger partial charge in [0.1, 0.15) is 12.4 Å². The molecular weight excluding hydrogens is 258 g/mol. The molecule has 20 heavy (non-hydrogen) atoms. The molecule has 0 fully saturated rings. The zero-order valence-corrected chi connectivity index (χ0v) is 12.0. The van der Waals surface area contributed by atoms with E-state index >= 15 is 0 Å². The van der Waals surface area contributed by atoms with Crippen LogP contribution >= 0.6 is 0 Å². The Balaban J connectivity index is 2.32. The van der Waals surface area contributed by atoms with Gasteiger partial charge < -0.3 is 20.3 Å². The Labute approximate surface area is 119 Å². The Kier molecular flexibility index (Phi) is 7.04. The van der Waals surface area contributed by atoms with Crippen molar-refractivity contribution >= 4 is 5.97 Å². The molecule has 1 aromatic rings. The molecule has 0 aliphatic carbocycles. The number of aryl methyl sites for hydroxylation is 1. The van der Waals surface area contributed by atoms with Gasteiger partial charge in [-0.1, -0.05) is 12.1 Å². The number of nitrogens with one attached hydrogen (secondary N) is 1. The highest BCUT2D eigenvalue weighted by atomic mass is 16.5. The van der Waals surface area contributed by atoms with E-state index in [0.717, 1.165) is 11.3 Å². The number of carbonyl (C=O) groups is 1. The molecular formula is C15H23NO4. The van der Waals surface area contributed by atoms with E-state index in [0.29, 0.717) is 19.6 Å². The van der Waals surface area contributed by atoms with Crippen LogP contribution in [-0.2, 0) is 11.2 Å². The van der Waals surface area contributed by atoms with Gasteiger partial charge in [0, 0.05) is 19.0 Å². The predicted molar refractivity (Wildman–Crippen MR) is 77.0 cm³/mol. The van der Waals surface area contributed by atoms with E-state index in [1.54, 1.807) is 6.92 Å². The molecule has 0 aliphatic rings. The third kappa shape index (κ3) is 7.11. The third-order valence-corrected chi connectivity index (χ3v) is 2.81. The van der Waals surface area contributed by atoms with E-state index in [9.17, 15) is 4.79 Å². The molecule has 0 bridgehead atoms. The smallest absolute Gasteiger partial charge is 0.303 e. The zero-order valence-electron chi connectivity index (χ0n) is 12.0. The monoisotopic (exact) mass is 281 g/mol. The molecule has 5 heteroatoms. The summed E-state index contributed by atoms with van der Waals surface area (Å²) in [4.78, 5) is 10.5. The standard InChI is InChI=1S/C15H23NO4/c1-11(16-9-12(2)17)10-20-14-6-3-13(4-7-14)5-8-15(18)19/h3-4,6-7,11-12,16-17H,5,8-10H2,1-2H3,(H,18,19). The van der Waals surface area contributed by atoms with Crippen LogP contribution in [0.1, 0.15) is 25.8 Å². The van der Waals surface area contributed by atoms with Gasteiger partial charge in [0.25, 0.3) is 0 Å². The molecule has 0 saturated carbocycles. The summed E-state index contributed by atoms with van der Waals surface area (Å²) < 4.78 is 5.62. The number of aliphatic carboxylic acids is 1. The van der Waals surface area contributed by atoms with Crippen LogP contribution in [0.5, 0.6) is 5.75 Å². The lowest BCUT2D eigenvalue weighted by Gasteiger charge is -2.16. The summed E-state index contributed by atoms with van der Waals surface area (Å²) in [6.07, 6.45) is 0.300. The minimum atomic E-state index is -0.789. The molecule has 0 spiro atoms. The SMILES string of the molecule is CC(O)CNC(C)COc1ccc(CCC(=O)O)cc1.